The Morgan fingerprint density at radius 3 is 2.52 bits per heavy atom. The molecule has 132 valence electrons. The van der Waals surface area contributed by atoms with E-state index >= 15 is 0 Å². The largest absolute Gasteiger partial charge is 0.573 e. The van der Waals surface area contributed by atoms with E-state index in [2.05, 4.69) is 25.3 Å². The normalized spacial score (nSPS) is 15.4. The first-order valence-corrected chi connectivity index (χ1v) is 7.50. The van der Waals surface area contributed by atoms with Crippen LogP contribution in [0.2, 0.25) is 0 Å². The molecular weight excluding hydrogens is 337 g/mol. The van der Waals surface area contributed by atoms with Crippen LogP contribution < -0.4 is 15.4 Å². The molecule has 0 aliphatic heterocycles. The Morgan fingerprint density at radius 2 is 1.92 bits per heavy atom. The van der Waals surface area contributed by atoms with E-state index in [9.17, 15) is 18.0 Å². The lowest BCUT2D eigenvalue weighted by Crippen LogP contribution is -2.38. The third-order valence-corrected chi connectivity index (χ3v) is 3.76. The van der Waals surface area contributed by atoms with Gasteiger partial charge in [0.25, 0.3) is 0 Å². The van der Waals surface area contributed by atoms with Crippen molar-refractivity contribution in [1.29, 1.82) is 0 Å². The molecule has 2 amide bonds. The van der Waals surface area contributed by atoms with Gasteiger partial charge in [-0.3, -0.25) is 0 Å². The average molecular weight is 352 g/mol. The zero-order chi connectivity index (χ0) is 18.1. The number of carbonyl (C=O) groups is 1. The molecule has 9 heteroatoms. The van der Waals surface area contributed by atoms with Gasteiger partial charge in [-0.1, -0.05) is 12.1 Å². The molecule has 1 heterocycles. The lowest BCUT2D eigenvalue weighted by Gasteiger charge is -2.19. The quantitative estimate of drug-likeness (QED) is 0.883. The molecular formula is C16H15F3N4O2. The number of ether oxygens (including phenoxy) is 1. The fourth-order valence-electron chi connectivity index (χ4n) is 2.44. The number of benzene rings is 1. The summed E-state index contributed by atoms with van der Waals surface area (Å²) in [6, 6.07) is 5.15. The Morgan fingerprint density at radius 1 is 1.24 bits per heavy atom. The number of nitrogens with zero attached hydrogens (tertiary/aromatic N) is 2. The van der Waals surface area contributed by atoms with Gasteiger partial charge in [-0.2, -0.15) is 0 Å². The maximum atomic E-state index is 12.4. The summed E-state index contributed by atoms with van der Waals surface area (Å²) in [5.41, 5.74) is 0.290. The standard InChI is InChI=1S/C16H15F3N4O2/c1-10-20-8-12(9-21-10)22-14(24)23-15(5-6-15)11-3-2-4-13(7-11)25-16(17,18)19/h2-4,7-9H,5-6H2,1H3,(H2,22,23,24). The van der Waals surface area contributed by atoms with Crippen molar-refractivity contribution in [1.82, 2.24) is 15.3 Å². The van der Waals surface area contributed by atoms with Crippen LogP contribution in [0.15, 0.2) is 36.7 Å². The topological polar surface area (TPSA) is 76.1 Å². The van der Waals surface area contributed by atoms with E-state index in [1.165, 1.54) is 30.6 Å². The van der Waals surface area contributed by atoms with Gasteiger partial charge in [0.2, 0.25) is 0 Å². The third kappa shape index (κ3) is 4.37. The highest BCUT2D eigenvalue weighted by molar-refractivity contribution is 5.89. The van der Waals surface area contributed by atoms with Crippen molar-refractivity contribution in [3.63, 3.8) is 0 Å². The number of urea groups is 1. The van der Waals surface area contributed by atoms with E-state index in [0.29, 0.717) is 29.9 Å². The van der Waals surface area contributed by atoms with E-state index in [1.54, 1.807) is 13.0 Å². The van der Waals surface area contributed by atoms with Gasteiger partial charge in [0.15, 0.2) is 0 Å². The first kappa shape index (κ1) is 17.0. The van der Waals surface area contributed by atoms with Crippen LogP contribution in [0.25, 0.3) is 0 Å². The van der Waals surface area contributed by atoms with Crippen molar-refractivity contribution in [3.8, 4) is 5.75 Å². The maximum absolute atomic E-state index is 12.4. The van der Waals surface area contributed by atoms with Gasteiger partial charge >= 0.3 is 12.4 Å². The number of carbonyl (C=O) groups excluding carboxylic acids is 1. The van der Waals surface area contributed by atoms with Gasteiger partial charge in [-0.05, 0) is 37.5 Å². The Hall–Kier alpha value is -2.84. The Bertz CT molecular complexity index is 774. The number of halogens is 3. The van der Waals surface area contributed by atoms with Crippen molar-refractivity contribution in [2.75, 3.05) is 5.32 Å². The SMILES string of the molecule is Cc1ncc(NC(=O)NC2(c3cccc(OC(F)(F)F)c3)CC2)cn1. The minimum absolute atomic E-state index is 0.314. The molecule has 1 aliphatic carbocycles. The summed E-state index contributed by atoms with van der Waals surface area (Å²) in [6.45, 7) is 1.72. The molecule has 1 aliphatic rings. The number of hydrogen-bond donors (Lipinski definition) is 2. The highest BCUT2D eigenvalue weighted by atomic mass is 19.4. The second kappa shape index (κ2) is 6.23. The molecule has 2 N–H and O–H groups in total. The van der Waals surface area contributed by atoms with Crippen LogP contribution >= 0.6 is 0 Å². The van der Waals surface area contributed by atoms with Gasteiger partial charge in [0.05, 0.1) is 23.6 Å². The van der Waals surface area contributed by atoms with Gasteiger partial charge in [0, 0.05) is 0 Å². The maximum Gasteiger partial charge on any atom is 0.573 e. The predicted molar refractivity (Wildman–Crippen MR) is 83.0 cm³/mol. The minimum Gasteiger partial charge on any atom is -0.406 e. The smallest absolute Gasteiger partial charge is 0.406 e. The Labute approximate surface area is 141 Å². The number of nitrogens with one attached hydrogen (secondary N) is 2. The highest BCUT2D eigenvalue weighted by Crippen LogP contribution is 2.46. The molecule has 2 aromatic rings. The second-order valence-corrected chi connectivity index (χ2v) is 5.76. The van der Waals surface area contributed by atoms with Crippen LogP contribution in [-0.2, 0) is 5.54 Å². The van der Waals surface area contributed by atoms with E-state index < -0.39 is 17.9 Å². The van der Waals surface area contributed by atoms with Crippen molar-refractivity contribution in [3.05, 3.63) is 48.0 Å². The van der Waals surface area contributed by atoms with Crippen LogP contribution in [0.4, 0.5) is 23.7 Å². The van der Waals surface area contributed by atoms with Crippen LogP contribution in [0.5, 0.6) is 5.75 Å². The molecule has 1 aromatic heterocycles. The molecule has 0 radical (unpaired) electrons. The first-order chi connectivity index (χ1) is 11.8. The zero-order valence-corrected chi connectivity index (χ0v) is 13.2. The number of anilines is 1. The third-order valence-electron chi connectivity index (χ3n) is 3.76. The number of amides is 2. The van der Waals surface area contributed by atoms with Gasteiger partial charge < -0.3 is 15.4 Å². The molecule has 0 saturated heterocycles. The fourth-order valence-corrected chi connectivity index (χ4v) is 2.44. The van der Waals surface area contributed by atoms with Gasteiger partial charge in [-0.15, -0.1) is 13.2 Å². The van der Waals surface area contributed by atoms with E-state index in [4.69, 9.17) is 0 Å². The summed E-state index contributed by atoms with van der Waals surface area (Å²) in [5, 5.41) is 5.40. The lowest BCUT2D eigenvalue weighted by molar-refractivity contribution is -0.274. The molecule has 3 rings (SSSR count). The summed E-state index contributed by atoms with van der Waals surface area (Å²) in [5.74, 6) is 0.261. The molecule has 1 aromatic carbocycles. The van der Waals surface area contributed by atoms with Gasteiger partial charge in [0.1, 0.15) is 11.6 Å². The summed E-state index contributed by atoms with van der Waals surface area (Å²) in [6.07, 6.45) is -0.565. The number of rotatable bonds is 4. The fraction of sp³-hybridized carbons (Fsp3) is 0.312. The van der Waals surface area contributed by atoms with E-state index in [-0.39, 0.29) is 5.75 Å². The molecule has 0 spiro atoms. The zero-order valence-electron chi connectivity index (χ0n) is 13.2. The average Bonchev–Trinajstić information content (AvgIpc) is 3.29. The van der Waals surface area contributed by atoms with Gasteiger partial charge in [-0.25, -0.2) is 14.8 Å². The van der Waals surface area contributed by atoms with Crippen molar-refractivity contribution >= 4 is 11.7 Å². The van der Waals surface area contributed by atoms with E-state index in [1.807, 2.05) is 0 Å². The lowest BCUT2D eigenvalue weighted by atomic mass is 10.0. The highest BCUT2D eigenvalue weighted by Gasteiger charge is 2.46. The van der Waals surface area contributed by atoms with Crippen molar-refractivity contribution < 1.29 is 22.7 Å². The number of aryl methyl sites for hydroxylation is 1. The first-order valence-electron chi connectivity index (χ1n) is 7.50. The Kier molecular flexibility index (Phi) is 4.23. The number of alkyl halides is 3. The number of hydrogen-bond acceptors (Lipinski definition) is 4. The monoisotopic (exact) mass is 352 g/mol. The molecule has 0 bridgehead atoms. The molecule has 0 atom stereocenters. The summed E-state index contributed by atoms with van der Waals surface area (Å²) in [7, 11) is 0. The van der Waals surface area contributed by atoms with Crippen LogP contribution in [0.1, 0.15) is 24.2 Å². The van der Waals surface area contributed by atoms with Crippen molar-refractivity contribution in [2.45, 2.75) is 31.7 Å². The molecule has 1 fully saturated rings. The summed E-state index contributed by atoms with van der Waals surface area (Å²) in [4.78, 5) is 20.1. The van der Waals surface area contributed by atoms with Crippen LogP contribution in [0.3, 0.4) is 0 Å². The molecule has 6 nitrogen and oxygen atoms in total. The minimum atomic E-state index is -4.76. The Balaban J connectivity index is 1.69. The second-order valence-electron chi connectivity index (χ2n) is 5.76. The summed E-state index contributed by atoms with van der Waals surface area (Å²) < 4.78 is 41.0. The molecule has 1 saturated carbocycles. The molecule has 0 unspecified atom stereocenters. The van der Waals surface area contributed by atoms with Crippen LogP contribution in [0, 0.1) is 6.92 Å². The van der Waals surface area contributed by atoms with E-state index in [0.717, 1.165) is 0 Å². The molecule has 25 heavy (non-hydrogen) atoms. The predicted octanol–water partition coefficient (Wildman–Crippen LogP) is 3.49. The summed E-state index contributed by atoms with van der Waals surface area (Å²) >= 11 is 0. The number of aromatic nitrogens is 2. The van der Waals surface area contributed by atoms with Crippen LogP contribution in [-0.4, -0.2) is 22.4 Å². The van der Waals surface area contributed by atoms with Crippen molar-refractivity contribution in [2.24, 2.45) is 0 Å².